The van der Waals surface area contributed by atoms with Gasteiger partial charge in [-0.2, -0.15) is 0 Å². The van der Waals surface area contributed by atoms with Crippen molar-refractivity contribution in [1.29, 1.82) is 0 Å². The van der Waals surface area contributed by atoms with E-state index in [1.54, 1.807) is 12.1 Å². The van der Waals surface area contributed by atoms with Crippen molar-refractivity contribution < 1.29 is 22.7 Å². The molecule has 12 heteroatoms. The number of halogens is 3. The van der Waals surface area contributed by atoms with Gasteiger partial charge in [-0.05, 0) is 71.3 Å². The molecule has 1 aromatic heterocycles. The lowest BCUT2D eigenvalue weighted by atomic mass is 9.91. The van der Waals surface area contributed by atoms with Crippen LogP contribution in [0.4, 0.5) is 10.1 Å². The molecule has 1 unspecified atom stereocenters. The average molecular weight is 644 g/mol. The predicted molar refractivity (Wildman–Crippen MR) is 165 cm³/mol. The maximum Gasteiger partial charge on any atom is 0.251 e. The number of carbonyl (C=O) groups is 1. The Hall–Kier alpha value is -3.54. The van der Waals surface area contributed by atoms with Crippen molar-refractivity contribution in [2.75, 3.05) is 30.1 Å². The summed E-state index contributed by atoms with van der Waals surface area (Å²) in [7, 11) is -3.86. The fraction of sp³-hybridized carbons (Fsp3) is 0.226. The van der Waals surface area contributed by atoms with Crippen LogP contribution in [0.3, 0.4) is 0 Å². The zero-order valence-electron chi connectivity index (χ0n) is 22.8. The second-order valence-corrected chi connectivity index (χ2v) is 13.1. The number of amides is 1. The molecule has 3 aromatic carbocycles. The van der Waals surface area contributed by atoms with E-state index in [1.807, 2.05) is 48.5 Å². The Morgan fingerprint density at radius 3 is 2.09 bits per heavy atom. The number of hydrogen-bond acceptors (Lipinski definition) is 6. The van der Waals surface area contributed by atoms with Crippen LogP contribution in [-0.2, 0) is 10.0 Å². The van der Waals surface area contributed by atoms with Crippen molar-refractivity contribution in [3.05, 3.63) is 129 Å². The van der Waals surface area contributed by atoms with Crippen LogP contribution >= 0.6 is 23.2 Å². The van der Waals surface area contributed by atoms with Crippen LogP contribution < -0.4 is 10.0 Å². The lowest BCUT2D eigenvalue weighted by molar-refractivity contribution is 0.0813. The third kappa shape index (κ3) is 8.10. The second-order valence-electron chi connectivity index (χ2n) is 10.4. The van der Waals surface area contributed by atoms with E-state index in [4.69, 9.17) is 23.2 Å². The molecule has 1 fully saturated rings. The van der Waals surface area contributed by atoms with Gasteiger partial charge in [0.05, 0.1) is 23.6 Å². The minimum atomic E-state index is -3.86. The molecule has 224 valence electrons. The molecule has 8 nitrogen and oxygen atoms in total. The molecule has 43 heavy (non-hydrogen) atoms. The van der Waals surface area contributed by atoms with Crippen LogP contribution in [0.2, 0.25) is 10.0 Å². The number of likely N-dealkylation sites (tertiary alicyclic amines) is 1. The summed E-state index contributed by atoms with van der Waals surface area (Å²) in [6.07, 6.45) is 2.05. The first kappa shape index (κ1) is 30.9. The van der Waals surface area contributed by atoms with Crippen molar-refractivity contribution >= 4 is 44.8 Å². The summed E-state index contributed by atoms with van der Waals surface area (Å²) in [5, 5.41) is 14.1. The van der Waals surface area contributed by atoms with Gasteiger partial charge in [-0.15, -0.1) is 0 Å². The maximum absolute atomic E-state index is 14.4. The number of nitrogens with one attached hydrogen (secondary N) is 2. The molecule has 5 rings (SSSR count). The van der Waals surface area contributed by atoms with Crippen molar-refractivity contribution in [2.24, 2.45) is 5.92 Å². The van der Waals surface area contributed by atoms with E-state index in [2.05, 4.69) is 19.9 Å². The standard InChI is InChI=1S/C31H29Cl2FN4O4S/c32-25-5-1-22(2-6-25)30(23-3-7-26(33)8-4-23)38-17-20(18-38)19-43(41,42)37-28-14-24(13-27(34)15-28)31(40)36-16-29(39)21-9-11-35-12-10-21/h1-15,20,29-30,37,39H,16-19H2,(H,36,40). The summed E-state index contributed by atoms with van der Waals surface area (Å²) in [6.45, 7) is 0.923. The Labute approximate surface area is 259 Å². The number of aromatic nitrogens is 1. The molecule has 0 radical (unpaired) electrons. The molecule has 1 aliphatic heterocycles. The molecule has 0 bridgehead atoms. The highest BCUT2D eigenvalue weighted by Gasteiger charge is 2.36. The number of aliphatic hydroxyl groups is 1. The first-order chi connectivity index (χ1) is 20.6. The Morgan fingerprint density at radius 1 is 0.930 bits per heavy atom. The highest BCUT2D eigenvalue weighted by molar-refractivity contribution is 7.92. The fourth-order valence-corrected chi connectivity index (χ4v) is 6.78. The number of anilines is 1. The Kier molecular flexibility index (Phi) is 9.63. The summed E-state index contributed by atoms with van der Waals surface area (Å²) < 4.78 is 42.9. The minimum Gasteiger partial charge on any atom is -0.387 e. The van der Waals surface area contributed by atoms with E-state index in [9.17, 15) is 22.7 Å². The van der Waals surface area contributed by atoms with Crippen LogP contribution in [0.1, 0.15) is 39.2 Å². The molecule has 4 aromatic rings. The van der Waals surface area contributed by atoms with Gasteiger partial charge in [0, 0.05) is 53.6 Å². The van der Waals surface area contributed by atoms with Crippen LogP contribution in [0, 0.1) is 11.7 Å². The molecule has 1 aliphatic rings. The normalized spacial score (nSPS) is 14.7. The van der Waals surface area contributed by atoms with Gasteiger partial charge in [0.2, 0.25) is 10.0 Å². The Morgan fingerprint density at radius 2 is 1.51 bits per heavy atom. The van der Waals surface area contributed by atoms with Gasteiger partial charge < -0.3 is 10.4 Å². The fourth-order valence-electron chi connectivity index (χ4n) is 5.14. The lowest BCUT2D eigenvalue weighted by Crippen LogP contribution is -2.51. The molecular formula is C31H29Cl2FN4O4S. The Bertz CT molecular complexity index is 1630. The van der Waals surface area contributed by atoms with Gasteiger partial charge >= 0.3 is 0 Å². The van der Waals surface area contributed by atoms with Gasteiger partial charge in [0.15, 0.2) is 0 Å². The number of sulfonamides is 1. The van der Waals surface area contributed by atoms with Gasteiger partial charge in [0.25, 0.3) is 5.91 Å². The number of nitrogens with zero attached hydrogens (tertiary/aromatic N) is 2. The SMILES string of the molecule is O=C(NCC(O)c1ccncc1)c1cc(F)cc(NS(=O)(=O)CC2CN(C(c3ccc(Cl)cc3)c3ccc(Cl)cc3)C2)c1. The predicted octanol–water partition coefficient (Wildman–Crippen LogP) is 5.45. The topological polar surface area (TPSA) is 112 Å². The largest absolute Gasteiger partial charge is 0.387 e. The third-order valence-corrected chi connectivity index (χ3v) is 9.12. The van der Waals surface area contributed by atoms with E-state index in [1.165, 1.54) is 18.5 Å². The van der Waals surface area contributed by atoms with E-state index < -0.39 is 27.9 Å². The van der Waals surface area contributed by atoms with Crippen molar-refractivity contribution in [3.8, 4) is 0 Å². The number of carbonyl (C=O) groups excluding carboxylic acids is 1. The number of hydrogen-bond donors (Lipinski definition) is 3. The van der Waals surface area contributed by atoms with Crippen LogP contribution in [-0.4, -0.2) is 54.7 Å². The summed E-state index contributed by atoms with van der Waals surface area (Å²) >= 11 is 12.2. The van der Waals surface area contributed by atoms with Crippen LogP contribution in [0.15, 0.2) is 91.3 Å². The molecule has 0 spiro atoms. The highest BCUT2D eigenvalue weighted by Crippen LogP contribution is 2.36. The van der Waals surface area contributed by atoms with Gasteiger partial charge in [-0.3, -0.25) is 19.4 Å². The van der Waals surface area contributed by atoms with Crippen molar-refractivity contribution in [3.63, 3.8) is 0 Å². The quantitative estimate of drug-likeness (QED) is 0.201. The highest BCUT2D eigenvalue weighted by atomic mass is 35.5. The zero-order chi connectivity index (χ0) is 30.6. The van der Waals surface area contributed by atoms with Gasteiger partial charge in [0.1, 0.15) is 5.82 Å². The molecule has 1 atom stereocenters. The van der Waals surface area contributed by atoms with E-state index in [0.717, 1.165) is 23.3 Å². The number of pyridine rings is 1. The van der Waals surface area contributed by atoms with Crippen LogP contribution in [0.5, 0.6) is 0 Å². The molecule has 0 aliphatic carbocycles. The van der Waals surface area contributed by atoms with E-state index >= 15 is 0 Å². The Balaban J connectivity index is 1.21. The van der Waals surface area contributed by atoms with E-state index in [-0.39, 0.29) is 35.5 Å². The van der Waals surface area contributed by atoms with E-state index in [0.29, 0.717) is 28.7 Å². The number of rotatable bonds is 11. The minimum absolute atomic E-state index is 0.0591. The molecule has 0 saturated carbocycles. The lowest BCUT2D eigenvalue weighted by Gasteiger charge is -2.44. The summed E-state index contributed by atoms with van der Waals surface area (Å²) in [5.41, 5.74) is 2.46. The first-order valence-corrected chi connectivity index (χ1v) is 15.9. The summed E-state index contributed by atoms with van der Waals surface area (Å²) in [6, 6.07) is 21.5. The number of aliphatic hydroxyl groups excluding tert-OH is 1. The molecule has 2 heterocycles. The van der Waals surface area contributed by atoms with Crippen molar-refractivity contribution in [1.82, 2.24) is 15.2 Å². The monoisotopic (exact) mass is 642 g/mol. The third-order valence-electron chi connectivity index (χ3n) is 7.16. The smallest absolute Gasteiger partial charge is 0.251 e. The second kappa shape index (κ2) is 13.4. The van der Waals surface area contributed by atoms with Gasteiger partial charge in [-0.25, -0.2) is 12.8 Å². The molecule has 1 saturated heterocycles. The molecular weight excluding hydrogens is 614 g/mol. The first-order valence-electron chi connectivity index (χ1n) is 13.5. The maximum atomic E-state index is 14.4. The number of benzene rings is 3. The average Bonchev–Trinajstić information content (AvgIpc) is 2.96. The molecule has 1 amide bonds. The summed E-state index contributed by atoms with van der Waals surface area (Å²) in [5.74, 6) is -1.76. The van der Waals surface area contributed by atoms with Crippen LogP contribution in [0.25, 0.3) is 0 Å². The van der Waals surface area contributed by atoms with Gasteiger partial charge in [-0.1, -0.05) is 47.5 Å². The zero-order valence-corrected chi connectivity index (χ0v) is 25.2. The molecule has 3 N–H and O–H groups in total. The van der Waals surface area contributed by atoms with Crippen molar-refractivity contribution in [2.45, 2.75) is 12.1 Å². The summed E-state index contributed by atoms with van der Waals surface area (Å²) in [4.78, 5) is 18.7.